The topological polar surface area (TPSA) is 58.6 Å². The fourth-order valence-electron chi connectivity index (χ4n) is 3.40. The van der Waals surface area contributed by atoms with Crippen LogP contribution in [0.2, 0.25) is 0 Å². The number of amides is 2. The van der Waals surface area contributed by atoms with Crippen molar-refractivity contribution < 1.29 is 14.3 Å². The maximum Gasteiger partial charge on any atom is 0.254 e. The third kappa shape index (κ3) is 5.41. The van der Waals surface area contributed by atoms with Crippen LogP contribution in [0.5, 0.6) is 5.75 Å². The molecule has 5 nitrogen and oxygen atoms in total. The van der Waals surface area contributed by atoms with Crippen molar-refractivity contribution in [3.8, 4) is 5.75 Å². The number of ether oxygens (including phenoxy) is 1. The first-order valence-corrected chi connectivity index (χ1v) is 11.1. The van der Waals surface area contributed by atoms with Gasteiger partial charge in [0.05, 0.1) is 6.61 Å². The standard InChI is InChI=1S/C25H30N2O3/c1-2-3-16-30-23-14-8-20(9-15-23)25(29)27(22-12-13-22)17-18-4-6-19(7-5-18)24(28)26-21-10-11-21/h4-9,14-15,21-22H,2-3,10-13,16-17H2,1H3,(H,26,28). The van der Waals surface area contributed by atoms with Gasteiger partial charge in [-0.1, -0.05) is 25.5 Å². The number of carbonyl (C=O) groups excluding carboxylic acids is 2. The van der Waals surface area contributed by atoms with Gasteiger partial charge in [0.2, 0.25) is 0 Å². The van der Waals surface area contributed by atoms with Crippen molar-refractivity contribution >= 4 is 11.8 Å². The van der Waals surface area contributed by atoms with Gasteiger partial charge in [0.25, 0.3) is 11.8 Å². The lowest BCUT2D eigenvalue weighted by atomic mass is 10.1. The molecule has 0 saturated heterocycles. The van der Waals surface area contributed by atoms with Crippen molar-refractivity contribution in [3.63, 3.8) is 0 Å². The second-order valence-electron chi connectivity index (χ2n) is 8.34. The Bertz CT molecular complexity index is 868. The highest BCUT2D eigenvalue weighted by Crippen LogP contribution is 2.30. The van der Waals surface area contributed by atoms with E-state index in [2.05, 4.69) is 12.2 Å². The van der Waals surface area contributed by atoms with Crippen LogP contribution in [-0.2, 0) is 6.54 Å². The monoisotopic (exact) mass is 406 g/mol. The number of hydrogen-bond acceptors (Lipinski definition) is 3. The van der Waals surface area contributed by atoms with Gasteiger partial charge < -0.3 is 15.0 Å². The fourth-order valence-corrected chi connectivity index (χ4v) is 3.40. The van der Waals surface area contributed by atoms with E-state index in [-0.39, 0.29) is 11.8 Å². The average Bonchev–Trinajstić information content (AvgIpc) is 3.68. The van der Waals surface area contributed by atoms with E-state index < -0.39 is 0 Å². The molecule has 2 fully saturated rings. The van der Waals surface area contributed by atoms with E-state index >= 15 is 0 Å². The molecule has 30 heavy (non-hydrogen) atoms. The lowest BCUT2D eigenvalue weighted by molar-refractivity contribution is 0.0729. The summed E-state index contributed by atoms with van der Waals surface area (Å²) in [7, 11) is 0. The Balaban J connectivity index is 1.38. The SMILES string of the molecule is CCCCOc1ccc(C(=O)N(Cc2ccc(C(=O)NC3CC3)cc2)C2CC2)cc1. The summed E-state index contributed by atoms with van der Waals surface area (Å²) in [4.78, 5) is 27.2. The quantitative estimate of drug-likeness (QED) is 0.589. The first-order chi connectivity index (χ1) is 14.6. The molecule has 0 bridgehead atoms. The van der Waals surface area contributed by atoms with Crippen molar-refractivity contribution in [1.29, 1.82) is 0 Å². The molecule has 0 atom stereocenters. The Morgan fingerprint density at radius 3 is 2.23 bits per heavy atom. The Morgan fingerprint density at radius 1 is 0.967 bits per heavy atom. The number of benzene rings is 2. The zero-order valence-corrected chi connectivity index (χ0v) is 17.6. The summed E-state index contributed by atoms with van der Waals surface area (Å²) in [6, 6.07) is 15.7. The van der Waals surface area contributed by atoms with Gasteiger partial charge in [0.15, 0.2) is 0 Å². The fraction of sp³-hybridized carbons (Fsp3) is 0.440. The van der Waals surface area contributed by atoms with E-state index in [1.54, 1.807) is 0 Å². The van der Waals surface area contributed by atoms with Crippen LogP contribution in [-0.4, -0.2) is 35.4 Å². The minimum absolute atomic E-state index is 0.0135. The Morgan fingerprint density at radius 2 is 1.63 bits per heavy atom. The average molecular weight is 407 g/mol. The number of nitrogens with one attached hydrogen (secondary N) is 1. The first-order valence-electron chi connectivity index (χ1n) is 11.1. The van der Waals surface area contributed by atoms with E-state index in [1.807, 2.05) is 53.4 Å². The Kier molecular flexibility index (Phi) is 6.36. The Hall–Kier alpha value is -2.82. The van der Waals surface area contributed by atoms with Crippen molar-refractivity contribution in [2.24, 2.45) is 0 Å². The van der Waals surface area contributed by atoms with Crippen molar-refractivity contribution in [3.05, 3.63) is 65.2 Å². The van der Waals surface area contributed by atoms with Gasteiger partial charge in [-0.3, -0.25) is 9.59 Å². The summed E-state index contributed by atoms with van der Waals surface area (Å²) < 4.78 is 5.70. The van der Waals surface area contributed by atoms with E-state index in [9.17, 15) is 9.59 Å². The predicted octanol–water partition coefficient (Wildman–Crippen LogP) is 4.56. The van der Waals surface area contributed by atoms with E-state index in [0.717, 1.165) is 49.8 Å². The Labute approximate surface area is 178 Å². The van der Waals surface area contributed by atoms with E-state index in [4.69, 9.17) is 4.74 Å². The highest BCUT2D eigenvalue weighted by atomic mass is 16.5. The van der Waals surface area contributed by atoms with Gasteiger partial charge in [-0.05, 0) is 74.1 Å². The molecular formula is C25H30N2O3. The summed E-state index contributed by atoms with van der Waals surface area (Å²) in [5.74, 6) is 0.839. The van der Waals surface area contributed by atoms with E-state index in [0.29, 0.717) is 36.4 Å². The van der Waals surface area contributed by atoms with Crippen LogP contribution in [0.1, 0.15) is 71.7 Å². The first kappa shape index (κ1) is 20.5. The van der Waals surface area contributed by atoms with Crippen molar-refractivity contribution in [2.45, 2.75) is 64.1 Å². The third-order valence-corrected chi connectivity index (χ3v) is 5.60. The van der Waals surface area contributed by atoms with Crippen LogP contribution in [0.3, 0.4) is 0 Å². The largest absolute Gasteiger partial charge is 0.494 e. The van der Waals surface area contributed by atoms with Gasteiger partial charge in [0.1, 0.15) is 5.75 Å². The lowest BCUT2D eigenvalue weighted by Gasteiger charge is -2.23. The number of hydrogen-bond donors (Lipinski definition) is 1. The highest BCUT2D eigenvalue weighted by molar-refractivity contribution is 5.95. The van der Waals surface area contributed by atoms with Crippen LogP contribution in [0.4, 0.5) is 0 Å². The predicted molar refractivity (Wildman–Crippen MR) is 117 cm³/mol. The molecular weight excluding hydrogens is 376 g/mol. The molecule has 2 saturated carbocycles. The van der Waals surface area contributed by atoms with E-state index in [1.165, 1.54) is 0 Å². The zero-order valence-electron chi connectivity index (χ0n) is 17.6. The molecule has 158 valence electrons. The van der Waals surface area contributed by atoms with Gasteiger partial charge >= 0.3 is 0 Å². The number of rotatable bonds is 10. The lowest BCUT2D eigenvalue weighted by Crippen LogP contribution is -2.32. The molecule has 2 aliphatic carbocycles. The maximum absolute atomic E-state index is 13.1. The zero-order chi connectivity index (χ0) is 20.9. The van der Waals surface area contributed by atoms with Crippen LogP contribution in [0, 0.1) is 0 Å². The smallest absolute Gasteiger partial charge is 0.254 e. The number of nitrogens with zero attached hydrogens (tertiary/aromatic N) is 1. The molecule has 5 heteroatoms. The summed E-state index contributed by atoms with van der Waals surface area (Å²) in [6.07, 6.45) is 6.37. The van der Waals surface area contributed by atoms with Crippen molar-refractivity contribution in [1.82, 2.24) is 10.2 Å². The summed E-state index contributed by atoms with van der Waals surface area (Å²) in [6.45, 7) is 3.39. The molecule has 0 aliphatic heterocycles. The van der Waals surface area contributed by atoms with Crippen LogP contribution in [0.25, 0.3) is 0 Å². The summed E-state index contributed by atoms with van der Waals surface area (Å²) >= 11 is 0. The van der Waals surface area contributed by atoms with Crippen LogP contribution < -0.4 is 10.1 Å². The second kappa shape index (κ2) is 9.33. The molecule has 4 rings (SSSR count). The molecule has 2 aromatic carbocycles. The minimum Gasteiger partial charge on any atom is -0.494 e. The molecule has 0 aromatic heterocycles. The second-order valence-corrected chi connectivity index (χ2v) is 8.34. The third-order valence-electron chi connectivity index (χ3n) is 5.60. The number of unbranched alkanes of at least 4 members (excludes halogenated alkanes) is 1. The highest BCUT2D eigenvalue weighted by Gasteiger charge is 2.33. The molecule has 0 spiro atoms. The van der Waals surface area contributed by atoms with Gasteiger partial charge in [-0.15, -0.1) is 0 Å². The maximum atomic E-state index is 13.1. The molecule has 2 aromatic rings. The summed E-state index contributed by atoms with van der Waals surface area (Å²) in [5, 5.41) is 3.01. The minimum atomic E-state index is -0.0135. The van der Waals surface area contributed by atoms with Gasteiger partial charge in [-0.2, -0.15) is 0 Å². The summed E-state index contributed by atoms with van der Waals surface area (Å²) in [5.41, 5.74) is 2.40. The molecule has 2 aliphatic rings. The molecule has 2 amide bonds. The van der Waals surface area contributed by atoms with Crippen LogP contribution in [0.15, 0.2) is 48.5 Å². The van der Waals surface area contributed by atoms with Gasteiger partial charge in [0, 0.05) is 29.8 Å². The molecule has 0 unspecified atom stereocenters. The van der Waals surface area contributed by atoms with Crippen LogP contribution >= 0.6 is 0 Å². The van der Waals surface area contributed by atoms with Crippen molar-refractivity contribution in [2.75, 3.05) is 6.61 Å². The normalized spacial score (nSPS) is 15.5. The molecule has 0 heterocycles. The molecule has 0 radical (unpaired) electrons. The number of carbonyl (C=O) groups is 2. The molecule has 1 N–H and O–H groups in total. The van der Waals surface area contributed by atoms with Gasteiger partial charge in [-0.25, -0.2) is 0 Å².